The minimum Gasteiger partial charge on any atom is -0.379 e. The van der Waals surface area contributed by atoms with Gasteiger partial charge in [-0.1, -0.05) is 42.5 Å². The summed E-state index contributed by atoms with van der Waals surface area (Å²) < 4.78 is 5.50. The summed E-state index contributed by atoms with van der Waals surface area (Å²) in [5.41, 5.74) is 4.29. The predicted molar refractivity (Wildman–Crippen MR) is 135 cm³/mol. The van der Waals surface area contributed by atoms with Gasteiger partial charge in [-0.25, -0.2) is 0 Å². The molecule has 6 heteroatoms. The molecule has 34 heavy (non-hydrogen) atoms. The number of morpholine rings is 1. The van der Waals surface area contributed by atoms with Crippen LogP contribution in [0.25, 0.3) is 10.9 Å². The zero-order valence-corrected chi connectivity index (χ0v) is 20.0. The summed E-state index contributed by atoms with van der Waals surface area (Å²) in [6.45, 7) is 7.53. The molecule has 0 unspecified atom stereocenters. The molecule has 1 atom stereocenters. The van der Waals surface area contributed by atoms with Crippen molar-refractivity contribution in [2.24, 2.45) is 5.92 Å². The van der Waals surface area contributed by atoms with Crippen molar-refractivity contribution in [2.75, 3.05) is 59.5 Å². The first-order valence-corrected chi connectivity index (χ1v) is 12.4. The molecule has 3 aromatic rings. The third-order valence-electron chi connectivity index (χ3n) is 7.06. The molecule has 0 saturated carbocycles. The Bertz CT molecular complexity index is 1120. The molecule has 1 amide bonds. The number of hydrogen-bond acceptors (Lipinski definition) is 5. The van der Waals surface area contributed by atoms with E-state index in [9.17, 15) is 4.79 Å². The van der Waals surface area contributed by atoms with Gasteiger partial charge in [-0.2, -0.15) is 0 Å². The van der Waals surface area contributed by atoms with E-state index in [2.05, 4.69) is 57.1 Å². The van der Waals surface area contributed by atoms with Crippen LogP contribution in [-0.4, -0.2) is 85.1 Å². The number of carbonyl (C=O) groups is 1. The van der Waals surface area contributed by atoms with E-state index in [4.69, 9.17) is 4.74 Å². The fourth-order valence-corrected chi connectivity index (χ4v) is 5.28. The monoisotopic (exact) mass is 458 g/mol. The molecule has 0 N–H and O–H groups in total. The predicted octanol–water partition coefficient (Wildman–Crippen LogP) is 3.31. The first-order valence-electron chi connectivity index (χ1n) is 12.4. The normalized spacial score (nSPS) is 20.4. The average molecular weight is 459 g/mol. The fourth-order valence-electron chi connectivity index (χ4n) is 5.28. The molecule has 0 radical (unpaired) electrons. The summed E-state index contributed by atoms with van der Waals surface area (Å²) in [6.07, 6.45) is 2.78. The van der Waals surface area contributed by atoms with E-state index in [-0.39, 0.29) is 5.91 Å². The van der Waals surface area contributed by atoms with E-state index in [1.807, 2.05) is 30.5 Å². The van der Waals surface area contributed by atoms with Gasteiger partial charge in [0, 0.05) is 63.0 Å². The first kappa shape index (κ1) is 23.0. The highest BCUT2D eigenvalue weighted by Crippen LogP contribution is 2.23. The van der Waals surface area contributed by atoms with Crippen LogP contribution in [0.1, 0.15) is 21.5 Å². The lowest BCUT2D eigenvalue weighted by molar-refractivity contribution is 0.0340. The second kappa shape index (κ2) is 10.6. The number of rotatable bonds is 5. The number of carbonyl (C=O) groups excluding carboxylic acids is 1. The van der Waals surface area contributed by atoms with Crippen molar-refractivity contribution in [3.8, 4) is 0 Å². The van der Waals surface area contributed by atoms with Crippen LogP contribution < -0.4 is 0 Å². The maximum atomic E-state index is 13.8. The summed E-state index contributed by atoms with van der Waals surface area (Å²) in [5.74, 6) is 0.510. The van der Waals surface area contributed by atoms with E-state index >= 15 is 0 Å². The zero-order chi connectivity index (χ0) is 23.3. The van der Waals surface area contributed by atoms with Crippen molar-refractivity contribution in [1.82, 2.24) is 19.7 Å². The SMILES string of the molecule is CN1CCN(C(=O)c2ccccc2CN2CCOCC2)C[C@H](Cc2cccc3cccnc23)C1. The van der Waals surface area contributed by atoms with Crippen molar-refractivity contribution in [1.29, 1.82) is 0 Å². The summed E-state index contributed by atoms with van der Waals surface area (Å²) in [5, 5.41) is 1.17. The van der Waals surface area contributed by atoms with E-state index in [0.717, 1.165) is 82.1 Å². The molecule has 1 aromatic heterocycles. The molecule has 6 nitrogen and oxygen atoms in total. The number of fused-ring (bicyclic) bond motifs is 1. The number of benzene rings is 2. The maximum absolute atomic E-state index is 13.8. The number of likely N-dealkylation sites (N-methyl/N-ethyl adjacent to an activating group) is 1. The number of nitrogens with zero attached hydrogens (tertiary/aromatic N) is 4. The molecule has 2 fully saturated rings. The Hall–Kier alpha value is -2.80. The third-order valence-corrected chi connectivity index (χ3v) is 7.06. The van der Waals surface area contributed by atoms with Crippen LogP contribution in [0.3, 0.4) is 0 Å². The average Bonchev–Trinajstić information content (AvgIpc) is 3.06. The Labute approximate surface area is 202 Å². The number of amides is 1. The van der Waals surface area contributed by atoms with Crippen LogP contribution in [-0.2, 0) is 17.7 Å². The highest BCUT2D eigenvalue weighted by atomic mass is 16.5. The van der Waals surface area contributed by atoms with Crippen LogP contribution >= 0.6 is 0 Å². The number of pyridine rings is 1. The van der Waals surface area contributed by atoms with Crippen molar-refractivity contribution in [3.63, 3.8) is 0 Å². The summed E-state index contributed by atoms with van der Waals surface area (Å²) >= 11 is 0. The quantitative estimate of drug-likeness (QED) is 0.587. The molecular formula is C28H34N4O2. The van der Waals surface area contributed by atoms with Gasteiger partial charge in [0.1, 0.15) is 0 Å². The largest absolute Gasteiger partial charge is 0.379 e. The standard InChI is InChI=1S/C28H34N4O2/c1-30-12-13-32(20-22(19-30)18-24-8-4-7-23-9-5-11-29-27(23)24)28(33)26-10-3-2-6-25(26)21-31-14-16-34-17-15-31/h2-11,22H,12-21H2,1H3/t22-/m1/s1. The Balaban J connectivity index is 1.35. The Morgan fingerprint density at radius 1 is 0.941 bits per heavy atom. The van der Waals surface area contributed by atoms with E-state index in [0.29, 0.717) is 5.92 Å². The Morgan fingerprint density at radius 3 is 2.62 bits per heavy atom. The Morgan fingerprint density at radius 2 is 1.74 bits per heavy atom. The lowest BCUT2D eigenvalue weighted by Crippen LogP contribution is -2.38. The summed E-state index contributed by atoms with van der Waals surface area (Å²) in [7, 11) is 2.16. The van der Waals surface area contributed by atoms with E-state index < -0.39 is 0 Å². The van der Waals surface area contributed by atoms with Gasteiger partial charge in [-0.15, -0.1) is 0 Å². The van der Waals surface area contributed by atoms with Gasteiger partial charge in [0.25, 0.3) is 5.91 Å². The molecular weight excluding hydrogens is 424 g/mol. The Kier molecular flexibility index (Phi) is 7.19. The van der Waals surface area contributed by atoms with Crippen molar-refractivity contribution >= 4 is 16.8 Å². The first-order chi connectivity index (χ1) is 16.7. The molecule has 0 spiro atoms. The molecule has 2 saturated heterocycles. The van der Waals surface area contributed by atoms with Gasteiger partial charge in [-0.3, -0.25) is 14.7 Å². The lowest BCUT2D eigenvalue weighted by Gasteiger charge is -2.29. The second-order valence-electron chi connectivity index (χ2n) is 9.62. The minimum absolute atomic E-state index is 0.153. The second-order valence-corrected chi connectivity index (χ2v) is 9.62. The van der Waals surface area contributed by atoms with Gasteiger partial charge in [0.15, 0.2) is 0 Å². The summed E-state index contributed by atoms with van der Waals surface area (Å²) in [6, 6.07) is 18.6. The van der Waals surface area contributed by atoms with E-state index in [1.165, 1.54) is 10.9 Å². The number of ether oxygens (including phenoxy) is 1. The molecule has 0 aliphatic carbocycles. The molecule has 2 aliphatic rings. The molecule has 178 valence electrons. The van der Waals surface area contributed by atoms with Gasteiger partial charge >= 0.3 is 0 Å². The highest BCUT2D eigenvalue weighted by molar-refractivity contribution is 5.95. The van der Waals surface area contributed by atoms with Gasteiger partial charge in [0.05, 0.1) is 18.7 Å². The molecule has 3 heterocycles. The van der Waals surface area contributed by atoms with E-state index in [1.54, 1.807) is 0 Å². The zero-order valence-electron chi connectivity index (χ0n) is 20.0. The fraction of sp³-hybridized carbons (Fsp3) is 0.429. The van der Waals surface area contributed by atoms with Gasteiger partial charge in [-0.05, 0) is 42.6 Å². The van der Waals surface area contributed by atoms with Crippen LogP contribution in [0.2, 0.25) is 0 Å². The maximum Gasteiger partial charge on any atom is 0.254 e. The smallest absolute Gasteiger partial charge is 0.254 e. The van der Waals surface area contributed by atoms with Crippen molar-refractivity contribution < 1.29 is 9.53 Å². The molecule has 0 bridgehead atoms. The summed E-state index contributed by atoms with van der Waals surface area (Å²) in [4.78, 5) is 25.2. The lowest BCUT2D eigenvalue weighted by atomic mass is 9.96. The van der Waals surface area contributed by atoms with Crippen LogP contribution in [0.15, 0.2) is 60.8 Å². The van der Waals surface area contributed by atoms with Crippen LogP contribution in [0, 0.1) is 5.92 Å². The molecule has 2 aromatic carbocycles. The highest BCUT2D eigenvalue weighted by Gasteiger charge is 2.27. The van der Waals surface area contributed by atoms with Crippen molar-refractivity contribution in [2.45, 2.75) is 13.0 Å². The topological polar surface area (TPSA) is 48.9 Å². The van der Waals surface area contributed by atoms with Gasteiger partial charge in [0.2, 0.25) is 0 Å². The van der Waals surface area contributed by atoms with Gasteiger partial charge < -0.3 is 14.5 Å². The number of hydrogen-bond donors (Lipinski definition) is 0. The number of para-hydroxylation sites is 1. The number of aromatic nitrogens is 1. The van der Waals surface area contributed by atoms with Crippen LogP contribution in [0.4, 0.5) is 0 Å². The third kappa shape index (κ3) is 5.30. The molecule has 2 aliphatic heterocycles. The van der Waals surface area contributed by atoms with Crippen molar-refractivity contribution in [3.05, 3.63) is 77.5 Å². The minimum atomic E-state index is 0.153. The molecule has 5 rings (SSSR count). The van der Waals surface area contributed by atoms with Crippen LogP contribution in [0.5, 0.6) is 0 Å².